The first-order valence-corrected chi connectivity index (χ1v) is 10.9. The number of carbonyl (C=O) groups excluding carboxylic acids is 1. The number of benzene rings is 2. The molecular formula is C24H26N2O3S. The molecule has 0 radical (unpaired) electrons. The van der Waals surface area contributed by atoms with Crippen LogP contribution in [-0.2, 0) is 13.0 Å². The molecule has 5 nitrogen and oxygen atoms in total. The minimum atomic E-state index is -0.145. The van der Waals surface area contributed by atoms with Crippen molar-refractivity contribution >= 4 is 17.2 Å². The number of carbonyl (C=O) groups is 1. The van der Waals surface area contributed by atoms with E-state index in [9.17, 15) is 4.79 Å². The van der Waals surface area contributed by atoms with Gasteiger partial charge in [0.1, 0.15) is 11.5 Å². The molecular weight excluding hydrogens is 396 g/mol. The smallest absolute Gasteiger partial charge is 0.255 e. The van der Waals surface area contributed by atoms with Crippen molar-refractivity contribution < 1.29 is 14.3 Å². The maximum Gasteiger partial charge on any atom is 0.255 e. The Balaban J connectivity index is 1.51. The van der Waals surface area contributed by atoms with Crippen LogP contribution in [0.2, 0.25) is 0 Å². The van der Waals surface area contributed by atoms with Crippen molar-refractivity contribution in [3.05, 3.63) is 81.5 Å². The molecule has 0 aliphatic carbocycles. The molecule has 2 heterocycles. The predicted octanol–water partition coefficient (Wildman–Crippen LogP) is 4.29. The molecule has 0 unspecified atom stereocenters. The van der Waals surface area contributed by atoms with Crippen molar-refractivity contribution in [2.75, 3.05) is 27.3 Å². The Hall–Kier alpha value is -2.83. The van der Waals surface area contributed by atoms with Gasteiger partial charge in [0.05, 0.1) is 25.8 Å². The number of rotatable bonds is 7. The molecule has 0 bridgehead atoms. The highest BCUT2D eigenvalue weighted by molar-refractivity contribution is 7.10. The summed E-state index contributed by atoms with van der Waals surface area (Å²) in [5.41, 5.74) is 3.30. The molecule has 1 atom stereocenters. The first kappa shape index (κ1) is 20.4. The lowest BCUT2D eigenvalue weighted by atomic mass is 9.98. The second-order valence-corrected chi connectivity index (χ2v) is 8.28. The molecule has 1 aromatic heterocycles. The highest BCUT2D eigenvalue weighted by atomic mass is 32.1. The third kappa shape index (κ3) is 4.35. The minimum absolute atomic E-state index is 0.131. The molecule has 1 amide bonds. The Labute approximate surface area is 181 Å². The summed E-state index contributed by atoms with van der Waals surface area (Å²) in [7, 11) is 3.15. The Bertz CT molecular complexity index is 1000. The monoisotopic (exact) mass is 422 g/mol. The van der Waals surface area contributed by atoms with Crippen molar-refractivity contribution in [3.63, 3.8) is 0 Å². The van der Waals surface area contributed by atoms with Gasteiger partial charge in [0.2, 0.25) is 0 Å². The fourth-order valence-electron chi connectivity index (χ4n) is 3.94. The molecule has 4 rings (SSSR count). The van der Waals surface area contributed by atoms with Gasteiger partial charge >= 0.3 is 0 Å². The number of amides is 1. The van der Waals surface area contributed by atoms with Crippen LogP contribution < -0.4 is 14.8 Å². The van der Waals surface area contributed by atoms with Gasteiger partial charge in [-0.15, -0.1) is 11.3 Å². The van der Waals surface area contributed by atoms with E-state index in [-0.39, 0.29) is 11.9 Å². The van der Waals surface area contributed by atoms with Crippen molar-refractivity contribution in [1.29, 1.82) is 0 Å². The van der Waals surface area contributed by atoms with Gasteiger partial charge in [-0.1, -0.05) is 30.3 Å². The molecule has 30 heavy (non-hydrogen) atoms. The van der Waals surface area contributed by atoms with Crippen LogP contribution in [0.1, 0.15) is 32.4 Å². The Morgan fingerprint density at radius 3 is 2.67 bits per heavy atom. The van der Waals surface area contributed by atoms with Gasteiger partial charge in [-0.3, -0.25) is 9.69 Å². The summed E-state index contributed by atoms with van der Waals surface area (Å²) in [6.45, 7) is 2.40. The fourth-order valence-corrected chi connectivity index (χ4v) is 4.81. The molecule has 0 spiro atoms. The topological polar surface area (TPSA) is 50.8 Å². The summed E-state index contributed by atoms with van der Waals surface area (Å²) in [5, 5.41) is 5.22. The quantitative estimate of drug-likeness (QED) is 0.617. The molecule has 1 aliphatic rings. The van der Waals surface area contributed by atoms with Gasteiger partial charge in [-0.05, 0) is 41.1 Å². The fraction of sp³-hybridized carbons (Fsp3) is 0.292. The largest absolute Gasteiger partial charge is 0.497 e. The zero-order valence-electron chi connectivity index (χ0n) is 17.3. The lowest BCUT2D eigenvalue weighted by Crippen LogP contribution is -2.40. The van der Waals surface area contributed by atoms with Crippen molar-refractivity contribution in [1.82, 2.24) is 10.2 Å². The summed E-state index contributed by atoms with van der Waals surface area (Å²) in [4.78, 5) is 16.7. The lowest BCUT2D eigenvalue weighted by molar-refractivity contribution is 0.0925. The Morgan fingerprint density at radius 2 is 1.93 bits per heavy atom. The summed E-state index contributed by atoms with van der Waals surface area (Å²) in [6, 6.07) is 18.2. The third-order valence-corrected chi connectivity index (χ3v) is 6.56. The molecule has 156 valence electrons. The molecule has 0 saturated heterocycles. The van der Waals surface area contributed by atoms with E-state index in [1.54, 1.807) is 43.8 Å². The van der Waals surface area contributed by atoms with E-state index in [2.05, 4.69) is 52.0 Å². The lowest BCUT2D eigenvalue weighted by Gasteiger charge is -2.35. The van der Waals surface area contributed by atoms with Crippen LogP contribution in [0.3, 0.4) is 0 Å². The molecule has 1 aliphatic heterocycles. The van der Waals surface area contributed by atoms with E-state index >= 15 is 0 Å². The maximum atomic E-state index is 12.9. The third-order valence-electron chi connectivity index (χ3n) is 5.58. The SMILES string of the molecule is COc1ccc(C(=O)NC[C@H](c2cccs2)N2CCc3ccccc3C2)c(OC)c1. The maximum absolute atomic E-state index is 12.9. The normalized spacial score (nSPS) is 14.6. The number of methoxy groups -OCH3 is 2. The average Bonchev–Trinajstić information content (AvgIpc) is 3.33. The summed E-state index contributed by atoms with van der Waals surface area (Å²) < 4.78 is 10.6. The summed E-state index contributed by atoms with van der Waals surface area (Å²) >= 11 is 1.73. The zero-order valence-corrected chi connectivity index (χ0v) is 18.1. The number of thiophene rings is 1. The number of hydrogen-bond acceptors (Lipinski definition) is 5. The first-order chi connectivity index (χ1) is 14.7. The molecule has 3 aromatic rings. The molecule has 6 heteroatoms. The number of hydrogen-bond donors (Lipinski definition) is 1. The number of nitrogens with one attached hydrogen (secondary N) is 1. The van der Waals surface area contributed by atoms with Crippen LogP contribution >= 0.6 is 11.3 Å². The van der Waals surface area contributed by atoms with Gasteiger partial charge < -0.3 is 14.8 Å². The second kappa shape index (κ2) is 9.32. The Kier molecular flexibility index (Phi) is 6.35. The number of nitrogens with zero attached hydrogens (tertiary/aromatic N) is 1. The minimum Gasteiger partial charge on any atom is -0.497 e. The average molecular weight is 423 g/mol. The highest BCUT2D eigenvalue weighted by Crippen LogP contribution is 2.30. The van der Waals surface area contributed by atoms with E-state index < -0.39 is 0 Å². The summed E-state index contributed by atoms with van der Waals surface area (Å²) in [6.07, 6.45) is 1.03. The standard InChI is InChI=1S/C24H26N2O3S/c1-28-19-9-10-20(22(14-19)29-2)24(27)25-15-21(23-8-5-13-30-23)26-12-11-17-6-3-4-7-18(17)16-26/h3-10,13-14,21H,11-12,15-16H2,1-2H3,(H,25,27)/t21-/m1/s1. The highest BCUT2D eigenvalue weighted by Gasteiger charge is 2.26. The van der Waals surface area contributed by atoms with Crippen molar-refractivity contribution in [3.8, 4) is 11.5 Å². The van der Waals surface area contributed by atoms with Crippen LogP contribution in [0.15, 0.2) is 60.0 Å². The van der Waals surface area contributed by atoms with Gasteiger partial charge in [0.15, 0.2) is 0 Å². The summed E-state index contributed by atoms with van der Waals surface area (Å²) in [5.74, 6) is 1.02. The number of fused-ring (bicyclic) bond motifs is 1. The van der Waals surface area contributed by atoms with E-state index in [1.165, 1.54) is 16.0 Å². The molecule has 0 saturated carbocycles. The van der Waals surface area contributed by atoms with E-state index in [4.69, 9.17) is 9.47 Å². The Morgan fingerprint density at radius 1 is 1.10 bits per heavy atom. The van der Waals surface area contributed by atoms with Gasteiger partial charge in [-0.25, -0.2) is 0 Å². The predicted molar refractivity (Wildman–Crippen MR) is 119 cm³/mol. The molecule has 0 fully saturated rings. The van der Waals surface area contributed by atoms with Gasteiger partial charge in [0, 0.05) is 30.6 Å². The van der Waals surface area contributed by atoms with E-state index in [1.807, 2.05) is 0 Å². The van der Waals surface area contributed by atoms with Crippen LogP contribution in [-0.4, -0.2) is 38.1 Å². The van der Waals surface area contributed by atoms with Gasteiger partial charge in [-0.2, -0.15) is 0 Å². The van der Waals surface area contributed by atoms with E-state index in [0.29, 0.717) is 23.6 Å². The van der Waals surface area contributed by atoms with Crippen LogP contribution in [0.4, 0.5) is 0 Å². The van der Waals surface area contributed by atoms with Crippen LogP contribution in [0.5, 0.6) is 11.5 Å². The first-order valence-electron chi connectivity index (χ1n) is 10.0. The molecule has 1 N–H and O–H groups in total. The van der Waals surface area contributed by atoms with Crippen molar-refractivity contribution in [2.45, 2.75) is 19.0 Å². The van der Waals surface area contributed by atoms with Crippen LogP contribution in [0, 0.1) is 0 Å². The van der Waals surface area contributed by atoms with Crippen LogP contribution in [0.25, 0.3) is 0 Å². The zero-order chi connectivity index (χ0) is 20.9. The number of ether oxygens (including phenoxy) is 2. The van der Waals surface area contributed by atoms with Crippen molar-refractivity contribution in [2.24, 2.45) is 0 Å². The van der Waals surface area contributed by atoms with E-state index in [0.717, 1.165) is 19.5 Å². The molecule has 2 aromatic carbocycles. The second-order valence-electron chi connectivity index (χ2n) is 7.30. The van der Waals surface area contributed by atoms with Gasteiger partial charge in [0.25, 0.3) is 5.91 Å².